The van der Waals surface area contributed by atoms with Gasteiger partial charge in [0.25, 0.3) is 5.92 Å². The van der Waals surface area contributed by atoms with Gasteiger partial charge in [-0.25, -0.2) is 23.7 Å². The molecule has 148 valence electrons. The fourth-order valence-corrected chi connectivity index (χ4v) is 3.39. The lowest BCUT2D eigenvalue weighted by molar-refractivity contribution is 0.0256. The molecular formula is C19H21ClF2N6. The van der Waals surface area contributed by atoms with Crippen molar-refractivity contribution in [3.8, 4) is 0 Å². The maximum Gasteiger partial charge on any atom is 0.267 e. The lowest BCUT2D eigenvalue weighted by Crippen LogP contribution is -2.25. The molecule has 9 heteroatoms. The summed E-state index contributed by atoms with van der Waals surface area (Å²) in [7, 11) is 0. The van der Waals surface area contributed by atoms with E-state index >= 15 is 0 Å². The van der Waals surface area contributed by atoms with Crippen molar-refractivity contribution in [3.63, 3.8) is 0 Å². The Balaban J connectivity index is 1.81. The number of halogens is 3. The van der Waals surface area contributed by atoms with Gasteiger partial charge in [-0.2, -0.15) is 4.98 Å². The van der Waals surface area contributed by atoms with Crippen molar-refractivity contribution in [2.24, 2.45) is 0 Å². The predicted molar refractivity (Wildman–Crippen MR) is 104 cm³/mol. The first kappa shape index (κ1) is 19.0. The van der Waals surface area contributed by atoms with Crippen LogP contribution < -0.4 is 4.90 Å². The largest absolute Gasteiger partial charge is 0.336 e. The lowest BCUT2D eigenvalue weighted by atomic mass is 9.95. The van der Waals surface area contributed by atoms with Gasteiger partial charge < -0.3 is 9.88 Å². The zero-order valence-electron chi connectivity index (χ0n) is 15.9. The Hall–Kier alpha value is -2.35. The summed E-state index contributed by atoms with van der Waals surface area (Å²) in [6.45, 7) is 5.95. The monoisotopic (exact) mass is 406 g/mol. The number of nitrogens with one attached hydrogen (secondary N) is 1. The molecule has 0 aromatic carbocycles. The van der Waals surface area contributed by atoms with E-state index in [0.29, 0.717) is 34.5 Å². The number of aromatic amines is 1. The molecule has 1 saturated heterocycles. The third-order valence-electron chi connectivity index (χ3n) is 4.75. The van der Waals surface area contributed by atoms with Crippen LogP contribution in [0.3, 0.4) is 0 Å². The van der Waals surface area contributed by atoms with Crippen LogP contribution in [0.2, 0.25) is 5.15 Å². The van der Waals surface area contributed by atoms with Crippen LogP contribution in [0.25, 0.3) is 11.2 Å². The van der Waals surface area contributed by atoms with E-state index in [4.69, 9.17) is 16.6 Å². The van der Waals surface area contributed by atoms with Crippen molar-refractivity contribution in [2.45, 2.75) is 45.0 Å². The van der Waals surface area contributed by atoms with Gasteiger partial charge in [0.2, 0.25) is 5.95 Å². The van der Waals surface area contributed by atoms with Crippen molar-refractivity contribution in [2.75, 3.05) is 18.0 Å². The topological polar surface area (TPSA) is 70.6 Å². The van der Waals surface area contributed by atoms with E-state index in [0.717, 1.165) is 11.3 Å². The van der Waals surface area contributed by atoms with Gasteiger partial charge in [0.05, 0.1) is 12.2 Å². The molecule has 0 unspecified atom stereocenters. The zero-order chi connectivity index (χ0) is 20.1. The molecule has 0 saturated carbocycles. The average Bonchev–Trinajstić information content (AvgIpc) is 3.19. The quantitative estimate of drug-likeness (QED) is 0.662. The third kappa shape index (κ3) is 3.65. The van der Waals surface area contributed by atoms with Gasteiger partial charge in [0, 0.05) is 31.0 Å². The number of nitrogens with zero attached hydrogens (tertiary/aromatic N) is 5. The number of hydrogen-bond donors (Lipinski definition) is 1. The molecule has 3 aromatic heterocycles. The number of pyridine rings is 1. The standard InChI is InChI=1S/C19H21ClF2N6/c1-18(2,3)16-24-12(9-11-5-4-7-23-14(11)20)13-15(26-16)27-17(25-13)28-8-6-19(21,22)10-28/h4-5,7H,6,8-10H2,1-3H3,(H,24,25,26,27). The second-order valence-electron chi connectivity index (χ2n) is 8.16. The zero-order valence-corrected chi connectivity index (χ0v) is 16.7. The number of fused-ring (bicyclic) bond motifs is 1. The molecule has 28 heavy (non-hydrogen) atoms. The third-order valence-corrected chi connectivity index (χ3v) is 5.09. The summed E-state index contributed by atoms with van der Waals surface area (Å²) in [6, 6.07) is 3.70. The Morgan fingerprint density at radius 3 is 2.68 bits per heavy atom. The van der Waals surface area contributed by atoms with E-state index in [1.807, 2.05) is 32.9 Å². The smallest absolute Gasteiger partial charge is 0.267 e. The average molecular weight is 407 g/mol. The molecule has 1 N–H and O–H groups in total. The van der Waals surface area contributed by atoms with Crippen LogP contribution in [0, 0.1) is 0 Å². The van der Waals surface area contributed by atoms with Gasteiger partial charge in [0.1, 0.15) is 16.5 Å². The summed E-state index contributed by atoms with van der Waals surface area (Å²) in [5.41, 5.74) is 2.36. The van der Waals surface area contributed by atoms with Gasteiger partial charge in [-0.15, -0.1) is 0 Å². The highest BCUT2D eigenvalue weighted by atomic mass is 35.5. The van der Waals surface area contributed by atoms with Gasteiger partial charge in [-0.1, -0.05) is 38.4 Å². The van der Waals surface area contributed by atoms with Crippen LogP contribution in [-0.4, -0.2) is 43.9 Å². The number of alkyl halides is 2. The summed E-state index contributed by atoms with van der Waals surface area (Å²) >= 11 is 6.22. The van der Waals surface area contributed by atoms with Crippen molar-refractivity contribution >= 4 is 28.7 Å². The van der Waals surface area contributed by atoms with Crippen LogP contribution in [0.15, 0.2) is 18.3 Å². The van der Waals surface area contributed by atoms with E-state index in [2.05, 4.69) is 19.9 Å². The second-order valence-corrected chi connectivity index (χ2v) is 8.52. The summed E-state index contributed by atoms with van der Waals surface area (Å²) < 4.78 is 27.3. The molecule has 3 aromatic rings. The molecule has 0 spiro atoms. The minimum absolute atomic E-state index is 0.179. The van der Waals surface area contributed by atoms with E-state index < -0.39 is 5.92 Å². The predicted octanol–water partition coefficient (Wildman–Crippen LogP) is 4.14. The summed E-state index contributed by atoms with van der Waals surface area (Å²) in [5.74, 6) is -1.67. The molecule has 0 radical (unpaired) electrons. The molecule has 6 nitrogen and oxygen atoms in total. The molecule has 0 atom stereocenters. The molecule has 0 amide bonds. The first-order valence-corrected chi connectivity index (χ1v) is 9.49. The number of anilines is 1. The minimum Gasteiger partial charge on any atom is -0.336 e. The van der Waals surface area contributed by atoms with Crippen LogP contribution in [-0.2, 0) is 11.8 Å². The minimum atomic E-state index is -2.70. The Kier molecular flexibility index (Phi) is 4.49. The van der Waals surface area contributed by atoms with E-state index in [9.17, 15) is 8.78 Å². The molecule has 4 rings (SSSR count). The second kappa shape index (κ2) is 6.62. The van der Waals surface area contributed by atoms with Gasteiger partial charge in [-0.3, -0.25) is 0 Å². The van der Waals surface area contributed by atoms with Gasteiger partial charge in [0.15, 0.2) is 5.65 Å². The van der Waals surface area contributed by atoms with Crippen LogP contribution in [0.1, 0.15) is 44.3 Å². The van der Waals surface area contributed by atoms with Crippen molar-refractivity contribution in [1.29, 1.82) is 0 Å². The first-order valence-electron chi connectivity index (χ1n) is 9.12. The Morgan fingerprint density at radius 1 is 1.25 bits per heavy atom. The van der Waals surface area contributed by atoms with Crippen LogP contribution >= 0.6 is 11.6 Å². The molecular weight excluding hydrogens is 386 g/mol. The number of imidazole rings is 1. The summed E-state index contributed by atoms with van der Waals surface area (Å²) in [4.78, 5) is 22.6. The van der Waals surface area contributed by atoms with Crippen molar-refractivity contribution < 1.29 is 8.78 Å². The lowest BCUT2D eigenvalue weighted by Gasteiger charge is -2.17. The first-order chi connectivity index (χ1) is 13.1. The van der Waals surface area contributed by atoms with Gasteiger partial charge in [-0.05, 0) is 11.6 Å². The van der Waals surface area contributed by atoms with E-state index in [-0.39, 0.29) is 24.9 Å². The molecule has 0 bridgehead atoms. The maximum atomic E-state index is 13.6. The summed E-state index contributed by atoms with van der Waals surface area (Å²) in [5, 5.41) is 0.408. The van der Waals surface area contributed by atoms with E-state index in [1.165, 1.54) is 0 Å². The number of hydrogen-bond acceptors (Lipinski definition) is 5. The van der Waals surface area contributed by atoms with Gasteiger partial charge >= 0.3 is 0 Å². The highest BCUT2D eigenvalue weighted by molar-refractivity contribution is 6.30. The van der Waals surface area contributed by atoms with Crippen molar-refractivity contribution in [3.05, 3.63) is 40.6 Å². The SMILES string of the molecule is CC(C)(C)c1nc(Cc2cccnc2Cl)c2[nH]c(N3CCC(F)(F)C3)nc2n1. The highest BCUT2D eigenvalue weighted by Gasteiger charge is 2.39. The number of aromatic nitrogens is 5. The highest BCUT2D eigenvalue weighted by Crippen LogP contribution is 2.32. The Morgan fingerprint density at radius 2 is 2.04 bits per heavy atom. The molecule has 0 aliphatic carbocycles. The fourth-order valence-electron chi connectivity index (χ4n) is 3.20. The Bertz CT molecular complexity index is 1030. The summed E-state index contributed by atoms with van der Waals surface area (Å²) in [6.07, 6.45) is 1.89. The van der Waals surface area contributed by atoms with Crippen LogP contribution in [0.4, 0.5) is 14.7 Å². The van der Waals surface area contributed by atoms with Crippen LogP contribution in [0.5, 0.6) is 0 Å². The fraction of sp³-hybridized carbons (Fsp3) is 0.474. The normalized spacial score (nSPS) is 16.9. The molecule has 1 aliphatic rings. The number of H-pyrrole nitrogens is 1. The molecule has 4 heterocycles. The molecule has 1 fully saturated rings. The Labute approximate surface area is 166 Å². The number of rotatable bonds is 3. The van der Waals surface area contributed by atoms with E-state index in [1.54, 1.807) is 11.1 Å². The maximum absolute atomic E-state index is 13.6. The van der Waals surface area contributed by atoms with Crippen molar-refractivity contribution in [1.82, 2.24) is 24.9 Å². The molecule has 1 aliphatic heterocycles.